The van der Waals surface area contributed by atoms with E-state index in [-0.39, 0.29) is 5.92 Å². The SMILES string of the molecule is CCC1=CC(CC)CCC1=O.CCC1C=CC(=O)C(C)C1.CCC1C=CC(=O)C(CC)C1.CCC1CC(C)C(C)=CC1=O.CCC1CC(C)C=CC1=O. The molecular formula is C48H76O5. The summed E-state index contributed by atoms with van der Waals surface area (Å²) in [5.74, 6) is 6.00. The van der Waals surface area contributed by atoms with Gasteiger partial charge in [0.2, 0.25) is 0 Å². The Balaban J connectivity index is 0.000000331. The molecule has 0 N–H and O–H groups in total. The molecule has 0 saturated carbocycles. The molecule has 0 saturated heterocycles. The summed E-state index contributed by atoms with van der Waals surface area (Å²) in [6.07, 6.45) is 28.8. The van der Waals surface area contributed by atoms with Gasteiger partial charge in [-0.3, -0.25) is 24.0 Å². The molecule has 0 amide bonds. The number of carbonyl (C=O) groups is 5. The van der Waals surface area contributed by atoms with Gasteiger partial charge in [0.15, 0.2) is 28.9 Å². The second-order valence-corrected chi connectivity index (χ2v) is 16.1. The summed E-state index contributed by atoms with van der Waals surface area (Å²) in [5.41, 5.74) is 2.31. The highest BCUT2D eigenvalue weighted by Crippen LogP contribution is 2.29. The Hall–Kier alpha value is -2.95. The molecule has 5 rings (SSSR count). The number of allylic oxidation sites excluding steroid dienone is 10. The van der Waals surface area contributed by atoms with Crippen LogP contribution in [0, 0.1) is 53.3 Å². The van der Waals surface area contributed by atoms with Crippen LogP contribution >= 0.6 is 0 Å². The molecule has 5 aliphatic carbocycles. The zero-order valence-electron chi connectivity index (χ0n) is 35.5. The Kier molecular flexibility index (Phi) is 23.5. The van der Waals surface area contributed by atoms with Crippen molar-refractivity contribution in [3.8, 4) is 0 Å². The average Bonchev–Trinajstić information content (AvgIpc) is 3.16. The molecule has 0 aliphatic heterocycles. The lowest BCUT2D eigenvalue weighted by atomic mass is 9.81. The molecule has 9 atom stereocenters. The first kappa shape index (κ1) is 48.1. The fourth-order valence-electron chi connectivity index (χ4n) is 7.51. The number of Topliss-reactive ketones (excluding diaryl/α,β-unsaturated/α-hetero) is 1. The Morgan fingerprint density at radius 3 is 1.51 bits per heavy atom. The van der Waals surface area contributed by atoms with E-state index in [9.17, 15) is 24.0 Å². The van der Waals surface area contributed by atoms with Crippen LogP contribution in [0.15, 0.2) is 59.8 Å². The minimum atomic E-state index is 0.259. The van der Waals surface area contributed by atoms with Crippen molar-refractivity contribution < 1.29 is 24.0 Å². The van der Waals surface area contributed by atoms with E-state index in [2.05, 4.69) is 81.4 Å². The second kappa shape index (κ2) is 26.0. The number of hydrogen-bond donors (Lipinski definition) is 0. The van der Waals surface area contributed by atoms with E-state index in [4.69, 9.17) is 0 Å². The van der Waals surface area contributed by atoms with Crippen LogP contribution in [0.25, 0.3) is 0 Å². The lowest BCUT2D eigenvalue weighted by Crippen LogP contribution is -2.20. The molecule has 5 nitrogen and oxygen atoms in total. The molecule has 0 aromatic rings. The van der Waals surface area contributed by atoms with Crippen LogP contribution in [-0.4, -0.2) is 28.9 Å². The fourth-order valence-corrected chi connectivity index (χ4v) is 7.51. The molecule has 5 heteroatoms. The van der Waals surface area contributed by atoms with Gasteiger partial charge in [0.05, 0.1) is 0 Å². The summed E-state index contributed by atoms with van der Waals surface area (Å²) in [4.78, 5) is 55.8. The molecule has 0 aromatic carbocycles. The second-order valence-electron chi connectivity index (χ2n) is 16.1. The topological polar surface area (TPSA) is 85.3 Å². The van der Waals surface area contributed by atoms with Gasteiger partial charge < -0.3 is 0 Å². The van der Waals surface area contributed by atoms with Crippen molar-refractivity contribution in [3.05, 3.63) is 59.8 Å². The van der Waals surface area contributed by atoms with Gasteiger partial charge >= 0.3 is 0 Å². The normalized spacial score (nSPS) is 30.6. The largest absolute Gasteiger partial charge is 0.295 e. The van der Waals surface area contributed by atoms with Crippen LogP contribution in [0.3, 0.4) is 0 Å². The highest BCUT2D eigenvalue weighted by atomic mass is 16.1. The van der Waals surface area contributed by atoms with Crippen molar-refractivity contribution in [3.63, 3.8) is 0 Å². The Labute approximate surface area is 324 Å². The van der Waals surface area contributed by atoms with Gasteiger partial charge in [-0.05, 0) is 143 Å². The monoisotopic (exact) mass is 733 g/mol. The number of ketones is 5. The number of hydrogen-bond acceptors (Lipinski definition) is 5. The third kappa shape index (κ3) is 17.4. The minimum Gasteiger partial charge on any atom is -0.295 e. The van der Waals surface area contributed by atoms with Crippen molar-refractivity contribution in [2.45, 2.75) is 160 Å². The smallest absolute Gasteiger partial charge is 0.158 e. The van der Waals surface area contributed by atoms with Gasteiger partial charge in [-0.2, -0.15) is 0 Å². The first-order valence-electron chi connectivity index (χ1n) is 21.3. The molecule has 298 valence electrons. The molecule has 9 unspecified atom stereocenters. The van der Waals surface area contributed by atoms with Crippen LogP contribution in [0.1, 0.15) is 160 Å². The summed E-state index contributed by atoms with van der Waals surface area (Å²) in [5, 5.41) is 0. The predicted molar refractivity (Wildman–Crippen MR) is 222 cm³/mol. The van der Waals surface area contributed by atoms with Crippen LogP contribution in [0.4, 0.5) is 0 Å². The first-order chi connectivity index (χ1) is 25.2. The van der Waals surface area contributed by atoms with Gasteiger partial charge in [-0.25, -0.2) is 0 Å². The summed E-state index contributed by atoms with van der Waals surface area (Å²) < 4.78 is 0. The maximum atomic E-state index is 11.3. The van der Waals surface area contributed by atoms with E-state index in [1.807, 2.05) is 25.2 Å². The Bertz CT molecular complexity index is 1320. The third-order valence-electron chi connectivity index (χ3n) is 12.0. The van der Waals surface area contributed by atoms with Crippen LogP contribution in [0.2, 0.25) is 0 Å². The minimum absolute atomic E-state index is 0.259. The Morgan fingerprint density at radius 2 is 1.02 bits per heavy atom. The van der Waals surface area contributed by atoms with E-state index in [1.54, 1.807) is 18.2 Å². The van der Waals surface area contributed by atoms with Crippen molar-refractivity contribution in [2.24, 2.45) is 53.3 Å². The van der Waals surface area contributed by atoms with E-state index < -0.39 is 0 Å². The van der Waals surface area contributed by atoms with Gasteiger partial charge in [0, 0.05) is 30.1 Å². The molecule has 5 aliphatic rings. The standard InChI is InChI=1S/3C10H16O.2C9H14O/c1-4-9-5-7(2)8(3)6-10(9)11;2*1-3-8-5-6-10(11)9(4-2)7-8;1-3-8-4-5-9(10)7(2)6-8;1-3-8-6-7(2)4-5-9(8)10/h6-7,9H,4-5H2,1-3H3;7-8H,3-6H2,1-2H3;5-6,8-9H,3-4,7H2,1-2H3;2*4-5,7-8H,3,6H2,1-2H3. The number of carbonyl (C=O) groups excluding carboxylic acids is 5. The molecular weight excluding hydrogens is 657 g/mol. The fraction of sp³-hybridized carbons (Fsp3) is 0.688. The van der Waals surface area contributed by atoms with Gasteiger partial charge in [0.1, 0.15) is 0 Å². The van der Waals surface area contributed by atoms with E-state index in [1.165, 1.54) is 18.4 Å². The summed E-state index contributed by atoms with van der Waals surface area (Å²) in [6.45, 7) is 23.3. The van der Waals surface area contributed by atoms with Crippen LogP contribution in [-0.2, 0) is 24.0 Å². The Morgan fingerprint density at radius 1 is 0.528 bits per heavy atom. The average molecular weight is 733 g/mol. The third-order valence-corrected chi connectivity index (χ3v) is 12.0. The molecule has 53 heavy (non-hydrogen) atoms. The lowest BCUT2D eigenvalue weighted by Gasteiger charge is -2.23. The van der Waals surface area contributed by atoms with Gasteiger partial charge in [-0.15, -0.1) is 0 Å². The summed E-state index contributed by atoms with van der Waals surface area (Å²) in [7, 11) is 0. The van der Waals surface area contributed by atoms with Crippen molar-refractivity contribution in [2.75, 3.05) is 0 Å². The van der Waals surface area contributed by atoms with Crippen molar-refractivity contribution in [1.29, 1.82) is 0 Å². The molecule has 0 heterocycles. The zero-order valence-corrected chi connectivity index (χ0v) is 35.5. The summed E-state index contributed by atoms with van der Waals surface area (Å²) >= 11 is 0. The lowest BCUT2D eigenvalue weighted by molar-refractivity contribution is -0.120. The van der Waals surface area contributed by atoms with Crippen LogP contribution < -0.4 is 0 Å². The van der Waals surface area contributed by atoms with Crippen molar-refractivity contribution >= 4 is 28.9 Å². The van der Waals surface area contributed by atoms with Crippen LogP contribution in [0.5, 0.6) is 0 Å². The molecule has 0 spiro atoms. The quantitative estimate of drug-likeness (QED) is 0.260. The first-order valence-corrected chi connectivity index (χ1v) is 21.3. The molecule has 0 radical (unpaired) electrons. The highest BCUT2D eigenvalue weighted by Gasteiger charge is 2.24. The zero-order chi connectivity index (χ0) is 40.1. The molecule has 0 fully saturated rings. The predicted octanol–water partition coefficient (Wildman–Crippen LogP) is 12.2. The van der Waals surface area contributed by atoms with E-state index >= 15 is 0 Å². The molecule has 0 bridgehead atoms. The highest BCUT2D eigenvalue weighted by molar-refractivity contribution is 5.96. The maximum absolute atomic E-state index is 11.3. The maximum Gasteiger partial charge on any atom is 0.158 e. The molecule has 0 aromatic heterocycles. The summed E-state index contributed by atoms with van der Waals surface area (Å²) in [6, 6.07) is 0. The van der Waals surface area contributed by atoms with Gasteiger partial charge in [-0.1, -0.05) is 99.1 Å². The van der Waals surface area contributed by atoms with Crippen molar-refractivity contribution in [1.82, 2.24) is 0 Å². The van der Waals surface area contributed by atoms with E-state index in [0.717, 1.165) is 76.2 Å². The van der Waals surface area contributed by atoms with Gasteiger partial charge in [0.25, 0.3) is 0 Å². The van der Waals surface area contributed by atoms with E-state index in [0.29, 0.717) is 76.3 Å². The number of rotatable bonds is 7.